The first-order valence-corrected chi connectivity index (χ1v) is 9.72. The molecular weight excluding hydrogens is 392 g/mol. The monoisotopic (exact) mass is 414 g/mol. The van der Waals surface area contributed by atoms with Gasteiger partial charge in [-0.2, -0.15) is 4.99 Å². The Morgan fingerprint density at radius 1 is 1.00 bits per heavy atom. The number of hydrogen-bond donors (Lipinski definition) is 0. The molecule has 0 aliphatic carbocycles. The largest absolute Gasteiger partial charge is 0.495 e. The summed E-state index contributed by atoms with van der Waals surface area (Å²) in [6.07, 6.45) is 0.168. The van der Waals surface area contributed by atoms with Gasteiger partial charge in [-0.05, 0) is 24.6 Å². The van der Waals surface area contributed by atoms with E-state index >= 15 is 0 Å². The third-order valence-electron chi connectivity index (χ3n) is 4.40. The first kappa shape index (κ1) is 20.6. The number of aromatic nitrogens is 1. The van der Waals surface area contributed by atoms with Crippen molar-refractivity contribution in [3.05, 3.63) is 52.3 Å². The van der Waals surface area contributed by atoms with E-state index < -0.39 is 5.97 Å². The predicted octanol–water partition coefficient (Wildman–Crippen LogP) is 2.87. The van der Waals surface area contributed by atoms with Gasteiger partial charge in [0.1, 0.15) is 28.3 Å². The number of esters is 1. The van der Waals surface area contributed by atoms with Crippen LogP contribution in [0.15, 0.2) is 41.4 Å². The van der Waals surface area contributed by atoms with Gasteiger partial charge in [-0.1, -0.05) is 41.2 Å². The zero-order valence-corrected chi connectivity index (χ0v) is 17.5. The van der Waals surface area contributed by atoms with Crippen molar-refractivity contribution in [1.29, 1.82) is 0 Å². The molecule has 0 saturated heterocycles. The molecule has 3 aromatic rings. The minimum Gasteiger partial charge on any atom is -0.495 e. The summed E-state index contributed by atoms with van der Waals surface area (Å²) in [5.41, 5.74) is 2.63. The van der Waals surface area contributed by atoms with E-state index in [4.69, 9.17) is 14.2 Å². The van der Waals surface area contributed by atoms with Gasteiger partial charge in [0.15, 0.2) is 4.80 Å². The Morgan fingerprint density at radius 2 is 1.66 bits per heavy atom. The highest BCUT2D eigenvalue weighted by molar-refractivity contribution is 7.16. The highest BCUT2D eigenvalue weighted by atomic mass is 32.1. The standard InChI is InChI=1S/C21H22N2O5S/c1-13-5-7-14(8-6-13)11-17(24)22-21-23(12-18(25)28-4)19-15(26-2)9-10-16(27-3)20(19)29-21/h5-10H,11-12H2,1-4H3. The normalized spacial score (nSPS) is 11.5. The lowest BCUT2D eigenvalue weighted by atomic mass is 10.1. The number of rotatable bonds is 6. The van der Waals surface area contributed by atoms with Gasteiger partial charge in [0, 0.05) is 0 Å². The highest BCUT2D eigenvalue weighted by Gasteiger charge is 2.18. The molecule has 0 aliphatic rings. The molecule has 0 bridgehead atoms. The maximum absolute atomic E-state index is 12.6. The van der Waals surface area contributed by atoms with E-state index in [9.17, 15) is 9.59 Å². The van der Waals surface area contributed by atoms with E-state index in [1.54, 1.807) is 30.9 Å². The number of ether oxygens (including phenoxy) is 3. The average Bonchev–Trinajstić information content (AvgIpc) is 3.06. The predicted molar refractivity (Wildman–Crippen MR) is 110 cm³/mol. The quantitative estimate of drug-likeness (QED) is 0.580. The third kappa shape index (κ3) is 4.48. The summed E-state index contributed by atoms with van der Waals surface area (Å²) in [6.45, 7) is 1.89. The topological polar surface area (TPSA) is 79.1 Å². The van der Waals surface area contributed by atoms with Crippen molar-refractivity contribution in [2.24, 2.45) is 4.99 Å². The Labute approximate surface area is 172 Å². The molecule has 0 spiro atoms. The molecule has 0 fully saturated rings. The van der Waals surface area contributed by atoms with Gasteiger partial charge in [-0.15, -0.1) is 0 Å². The fourth-order valence-electron chi connectivity index (χ4n) is 2.91. The smallest absolute Gasteiger partial charge is 0.325 e. The molecule has 2 aromatic carbocycles. The number of methoxy groups -OCH3 is 3. The number of hydrogen-bond acceptors (Lipinski definition) is 6. The van der Waals surface area contributed by atoms with Gasteiger partial charge in [-0.3, -0.25) is 9.59 Å². The van der Waals surface area contributed by atoms with Crippen LogP contribution in [0.2, 0.25) is 0 Å². The molecule has 1 aromatic heterocycles. The van der Waals surface area contributed by atoms with E-state index in [1.165, 1.54) is 18.4 Å². The molecule has 8 heteroatoms. The van der Waals surface area contributed by atoms with Crippen LogP contribution >= 0.6 is 11.3 Å². The van der Waals surface area contributed by atoms with Crippen LogP contribution in [0, 0.1) is 6.92 Å². The number of nitrogens with zero attached hydrogens (tertiary/aromatic N) is 2. The molecule has 7 nitrogen and oxygen atoms in total. The van der Waals surface area contributed by atoms with Crippen molar-refractivity contribution < 1.29 is 23.8 Å². The lowest BCUT2D eigenvalue weighted by Gasteiger charge is -2.09. The van der Waals surface area contributed by atoms with E-state index in [0.29, 0.717) is 21.8 Å². The minimum atomic E-state index is -0.456. The second kappa shape index (κ2) is 8.91. The molecule has 0 radical (unpaired) electrons. The Hall–Kier alpha value is -3.13. The average molecular weight is 414 g/mol. The van der Waals surface area contributed by atoms with Crippen LogP contribution < -0.4 is 14.3 Å². The summed E-state index contributed by atoms with van der Waals surface area (Å²) in [5, 5.41) is 0. The molecule has 152 valence electrons. The van der Waals surface area contributed by atoms with Crippen LogP contribution in [0.5, 0.6) is 11.5 Å². The Morgan fingerprint density at radius 3 is 2.28 bits per heavy atom. The molecule has 29 heavy (non-hydrogen) atoms. The van der Waals surface area contributed by atoms with Crippen LogP contribution in [0.25, 0.3) is 10.2 Å². The molecule has 0 saturated carbocycles. The SMILES string of the molecule is COC(=O)Cn1c(=NC(=O)Cc2ccc(C)cc2)sc2c(OC)ccc(OC)c21. The lowest BCUT2D eigenvalue weighted by Crippen LogP contribution is -2.23. The second-order valence-electron chi connectivity index (χ2n) is 6.36. The van der Waals surface area contributed by atoms with Crippen molar-refractivity contribution in [3.8, 4) is 11.5 Å². The first-order chi connectivity index (χ1) is 14.0. The number of carbonyl (C=O) groups excluding carboxylic acids is 2. The molecule has 0 N–H and O–H groups in total. The summed E-state index contributed by atoms with van der Waals surface area (Å²) in [5.74, 6) is 0.393. The summed E-state index contributed by atoms with van der Waals surface area (Å²) in [4.78, 5) is 29.3. The van der Waals surface area contributed by atoms with Gasteiger partial charge in [0.25, 0.3) is 5.91 Å². The van der Waals surface area contributed by atoms with Crippen LogP contribution in [0.3, 0.4) is 0 Å². The van der Waals surface area contributed by atoms with Gasteiger partial charge >= 0.3 is 5.97 Å². The van der Waals surface area contributed by atoms with Crippen LogP contribution in [0.1, 0.15) is 11.1 Å². The third-order valence-corrected chi connectivity index (χ3v) is 5.50. The van der Waals surface area contributed by atoms with Gasteiger partial charge in [0.05, 0.1) is 27.8 Å². The van der Waals surface area contributed by atoms with E-state index in [-0.39, 0.29) is 18.9 Å². The second-order valence-corrected chi connectivity index (χ2v) is 7.34. The molecule has 0 atom stereocenters. The minimum absolute atomic E-state index is 0.101. The molecule has 3 rings (SSSR count). The molecule has 0 unspecified atom stereocenters. The molecule has 0 aliphatic heterocycles. The van der Waals surface area contributed by atoms with Gasteiger partial charge in [0.2, 0.25) is 0 Å². The number of aryl methyl sites for hydroxylation is 1. The zero-order chi connectivity index (χ0) is 21.0. The number of amides is 1. The van der Waals surface area contributed by atoms with Crippen molar-refractivity contribution in [3.63, 3.8) is 0 Å². The molecule has 1 amide bonds. The van der Waals surface area contributed by atoms with Crippen LogP contribution in [-0.4, -0.2) is 37.8 Å². The Kier molecular flexibility index (Phi) is 6.33. The summed E-state index contributed by atoms with van der Waals surface area (Å²) in [6, 6.07) is 11.2. The van der Waals surface area contributed by atoms with E-state index in [2.05, 4.69) is 4.99 Å². The van der Waals surface area contributed by atoms with E-state index in [1.807, 2.05) is 31.2 Å². The molecule has 1 heterocycles. The van der Waals surface area contributed by atoms with Crippen molar-refractivity contribution in [2.45, 2.75) is 19.9 Å². The highest BCUT2D eigenvalue weighted by Crippen LogP contribution is 2.35. The Balaban J connectivity index is 2.12. The number of fused-ring (bicyclic) bond motifs is 1. The van der Waals surface area contributed by atoms with Crippen LogP contribution in [-0.2, 0) is 27.3 Å². The van der Waals surface area contributed by atoms with Crippen molar-refractivity contribution in [2.75, 3.05) is 21.3 Å². The van der Waals surface area contributed by atoms with E-state index in [0.717, 1.165) is 15.8 Å². The Bertz CT molecular complexity index is 1110. The van der Waals surface area contributed by atoms with Crippen LogP contribution in [0.4, 0.5) is 0 Å². The first-order valence-electron chi connectivity index (χ1n) is 8.91. The number of thiazole rings is 1. The number of benzene rings is 2. The van der Waals surface area contributed by atoms with Crippen molar-refractivity contribution in [1.82, 2.24) is 4.57 Å². The summed E-state index contributed by atoms with van der Waals surface area (Å²) < 4.78 is 18.1. The summed E-state index contributed by atoms with van der Waals surface area (Å²) in [7, 11) is 4.42. The van der Waals surface area contributed by atoms with Gasteiger partial charge in [-0.25, -0.2) is 0 Å². The maximum atomic E-state index is 12.6. The fraction of sp³-hybridized carbons (Fsp3) is 0.286. The maximum Gasteiger partial charge on any atom is 0.325 e. The van der Waals surface area contributed by atoms with Gasteiger partial charge < -0.3 is 18.8 Å². The summed E-state index contributed by atoms with van der Waals surface area (Å²) >= 11 is 1.26. The number of carbonyl (C=O) groups is 2. The lowest BCUT2D eigenvalue weighted by molar-refractivity contribution is -0.141. The van der Waals surface area contributed by atoms with Crippen molar-refractivity contribution >= 4 is 33.4 Å². The fourth-order valence-corrected chi connectivity index (χ4v) is 4.06. The molecular formula is C21H22N2O5S. The zero-order valence-electron chi connectivity index (χ0n) is 16.7.